The number of hydrogen-bond acceptors (Lipinski definition) is 5. The number of carbonyl (C=O) groups is 1. The van der Waals surface area contributed by atoms with Crippen LogP contribution in [0.25, 0.3) is 0 Å². The first-order valence-electron chi connectivity index (χ1n) is 7.14. The molecule has 0 aromatic heterocycles. The van der Waals surface area contributed by atoms with Crippen LogP contribution in [0.2, 0.25) is 0 Å². The summed E-state index contributed by atoms with van der Waals surface area (Å²) in [6, 6.07) is 12.2. The number of nitriles is 1. The molecule has 22 heavy (non-hydrogen) atoms. The van der Waals surface area contributed by atoms with Crippen molar-refractivity contribution in [3.63, 3.8) is 0 Å². The predicted molar refractivity (Wildman–Crippen MR) is 83.1 cm³/mol. The van der Waals surface area contributed by atoms with Gasteiger partial charge in [-0.2, -0.15) is 5.26 Å². The first-order chi connectivity index (χ1) is 10.7. The number of ether oxygens (including phenoxy) is 2. The minimum atomic E-state index is -1.31. The van der Waals surface area contributed by atoms with Crippen LogP contribution in [0.3, 0.4) is 0 Å². The lowest BCUT2D eigenvalue weighted by Gasteiger charge is -2.48. The Hall–Kier alpha value is -1.61. The molecule has 1 fully saturated rings. The molecule has 114 valence electrons. The van der Waals surface area contributed by atoms with Crippen molar-refractivity contribution in [1.82, 2.24) is 0 Å². The van der Waals surface area contributed by atoms with Gasteiger partial charge in [-0.15, -0.1) is 11.8 Å². The lowest BCUT2D eigenvalue weighted by atomic mass is 9.66. The number of hydrogen-bond donors (Lipinski definition) is 0. The number of benzene rings is 1. The van der Waals surface area contributed by atoms with E-state index in [1.54, 1.807) is 17.8 Å². The van der Waals surface area contributed by atoms with E-state index in [0.717, 1.165) is 4.90 Å². The normalized spacial score (nSPS) is 29.0. The fraction of sp³-hybridized carbons (Fsp3) is 0.412. The lowest BCUT2D eigenvalue weighted by molar-refractivity contribution is -0.236. The number of Topliss-reactive ketones (excluding diaryl/α,β-unsaturated/α-hetero) is 1. The topological polar surface area (TPSA) is 59.3 Å². The lowest BCUT2D eigenvalue weighted by Crippen LogP contribution is -2.61. The SMILES string of the molecule is COC1(OC)C(=O)[C@@H]2C=C(C#N)[C@H]1C[C@H]2Sc1ccccc1. The average Bonchev–Trinajstić information content (AvgIpc) is 2.57. The molecule has 0 saturated heterocycles. The maximum atomic E-state index is 12.8. The van der Waals surface area contributed by atoms with Crippen LogP contribution in [0.5, 0.6) is 0 Å². The van der Waals surface area contributed by atoms with Gasteiger partial charge in [0.15, 0.2) is 0 Å². The van der Waals surface area contributed by atoms with Crippen molar-refractivity contribution in [3.05, 3.63) is 42.0 Å². The molecule has 3 aliphatic carbocycles. The second kappa shape index (κ2) is 5.88. The Morgan fingerprint density at radius 1 is 1.27 bits per heavy atom. The van der Waals surface area contributed by atoms with Crippen LogP contribution in [0.15, 0.2) is 46.9 Å². The molecule has 1 aromatic rings. The molecule has 4 rings (SSSR count). The van der Waals surface area contributed by atoms with Gasteiger partial charge in [0.25, 0.3) is 0 Å². The molecular formula is C17H17NO3S. The van der Waals surface area contributed by atoms with Crippen LogP contribution < -0.4 is 0 Å². The largest absolute Gasteiger partial charge is 0.346 e. The third-order valence-corrected chi connectivity index (χ3v) is 5.81. The fourth-order valence-electron chi connectivity index (χ4n) is 3.41. The van der Waals surface area contributed by atoms with Crippen molar-refractivity contribution in [3.8, 4) is 6.07 Å². The summed E-state index contributed by atoms with van der Waals surface area (Å²) in [5.41, 5.74) is 0.596. The molecule has 5 heteroatoms. The third-order valence-electron chi connectivity index (χ3n) is 4.47. The van der Waals surface area contributed by atoms with E-state index in [1.165, 1.54) is 14.2 Å². The zero-order valence-electron chi connectivity index (χ0n) is 12.5. The Morgan fingerprint density at radius 2 is 1.95 bits per heavy atom. The molecule has 0 radical (unpaired) electrons. The van der Waals surface area contributed by atoms with E-state index in [9.17, 15) is 10.1 Å². The molecule has 0 unspecified atom stereocenters. The summed E-state index contributed by atoms with van der Waals surface area (Å²) in [6.07, 6.45) is 2.49. The second-order valence-corrected chi connectivity index (χ2v) is 6.77. The van der Waals surface area contributed by atoms with Crippen molar-refractivity contribution < 1.29 is 14.3 Å². The summed E-state index contributed by atoms with van der Waals surface area (Å²) in [5, 5.41) is 9.46. The van der Waals surface area contributed by atoms with Gasteiger partial charge in [0.05, 0.1) is 17.9 Å². The minimum absolute atomic E-state index is 0.0822. The summed E-state index contributed by atoms with van der Waals surface area (Å²) in [7, 11) is 2.94. The fourth-order valence-corrected chi connectivity index (χ4v) is 4.71. The van der Waals surface area contributed by atoms with Gasteiger partial charge in [-0.3, -0.25) is 4.79 Å². The van der Waals surface area contributed by atoms with Gasteiger partial charge in [0, 0.05) is 29.9 Å². The molecule has 0 aliphatic heterocycles. The zero-order chi connectivity index (χ0) is 15.7. The highest BCUT2D eigenvalue weighted by atomic mass is 32.2. The summed E-state index contributed by atoms with van der Waals surface area (Å²) in [4.78, 5) is 13.9. The van der Waals surface area contributed by atoms with Gasteiger partial charge in [-0.1, -0.05) is 24.3 Å². The number of carbonyl (C=O) groups excluding carboxylic acids is 1. The monoisotopic (exact) mass is 315 g/mol. The molecule has 0 amide bonds. The second-order valence-electron chi connectivity index (χ2n) is 5.46. The van der Waals surface area contributed by atoms with Gasteiger partial charge in [0.1, 0.15) is 0 Å². The average molecular weight is 315 g/mol. The van der Waals surface area contributed by atoms with Crippen molar-refractivity contribution in [1.29, 1.82) is 5.26 Å². The van der Waals surface area contributed by atoms with Crippen LogP contribution in [-0.2, 0) is 14.3 Å². The van der Waals surface area contributed by atoms with Crippen LogP contribution in [0, 0.1) is 23.2 Å². The molecule has 4 nitrogen and oxygen atoms in total. The van der Waals surface area contributed by atoms with Crippen LogP contribution in [-0.4, -0.2) is 31.0 Å². The van der Waals surface area contributed by atoms with E-state index in [0.29, 0.717) is 12.0 Å². The maximum Gasteiger partial charge on any atom is 0.236 e. The van der Waals surface area contributed by atoms with Crippen LogP contribution in [0.4, 0.5) is 0 Å². The first-order valence-corrected chi connectivity index (χ1v) is 8.02. The summed E-state index contributed by atoms with van der Waals surface area (Å²) >= 11 is 1.68. The molecular weight excluding hydrogens is 298 g/mol. The van der Waals surface area contributed by atoms with E-state index < -0.39 is 5.79 Å². The standard InChI is InChI=1S/C17H17NO3S/c1-20-17(21-2)14-9-15(22-12-6-4-3-5-7-12)13(16(17)19)8-11(14)10-18/h3-8,13-15H,9H2,1-2H3/t13-,14-,15-/m1/s1. The zero-order valence-corrected chi connectivity index (χ0v) is 13.3. The first kappa shape index (κ1) is 15.3. The number of methoxy groups -OCH3 is 2. The van der Waals surface area contributed by atoms with E-state index in [-0.39, 0.29) is 22.9 Å². The van der Waals surface area contributed by atoms with E-state index in [4.69, 9.17) is 9.47 Å². The Morgan fingerprint density at radius 3 is 2.55 bits per heavy atom. The van der Waals surface area contributed by atoms with Gasteiger partial charge < -0.3 is 9.47 Å². The quantitative estimate of drug-likeness (QED) is 0.800. The third kappa shape index (κ3) is 2.19. The van der Waals surface area contributed by atoms with Crippen molar-refractivity contribution >= 4 is 17.5 Å². The Labute approximate surface area is 134 Å². The van der Waals surface area contributed by atoms with Crippen molar-refractivity contribution in [2.45, 2.75) is 22.4 Å². The highest BCUT2D eigenvalue weighted by Crippen LogP contribution is 2.51. The summed E-state index contributed by atoms with van der Waals surface area (Å²) in [5.74, 6) is -2.09. The van der Waals surface area contributed by atoms with Crippen LogP contribution in [0.1, 0.15) is 6.42 Å². The number of allylic oxidation sites excluding steroid dienone is 1. The Bertz CT molecular complexity index is 646. The molecule has 0 spiro atoms. The molecule has 1 aromatic carbocycles. The molecule has 0 N–H and O–H groups in total. The molecule has 0 heterocycles. The molecule has 3 atom stereocenters. The molecule has 3 aliphatic rings. The summed E-state index contributed by atoms with van der Waals surface area (Å²) in [6.45, 7) is 0. The molecule has 1 saturated carbocycles. The van der Waals surface area contributed by atoms with Gasteiger partial charge in [-0.25, -0.2) is 0 Å². The van der Waals surface area contributed by atoms with Crippen molar-refractivity contribution in [2.24, 2.45) is 11.8 Å². The Balaban J connectivity index is 1.94. The van der Waals surface area contributed by atoms with E-state index in [2.05, 4.69) is 6.07 Å². The van der Waals surface area contributed by atoms with Gasteiger partial charge in [-0.05, 0) is 18.6 Å². The highest BCUT2D eigenvalue weighted by molar-refractivity contribution is 8.00. The number of rotatable bonds is 4. The number of nitrogens with zero attached hydrogens (tertiary/aromatic N) is 1. The number of ketones is 1. The highest BCUT2D eigenvalue weighted by Gasteiger charge is 2.60. The smallest absolute Gasteiger partial charge is 0.236 e. The van der Waals surface area contributed by atoms with Gasteiger partial charge >= 0.3 is 0 Å². The molecule has 2 bridgehead atoms. The van der Waals surface area contributed by atoms with E-state index >= 15 is 0 Å². The maximum absolute atomic E-state index is 12.8. The predicted octanol–water partition coefficient (Wildman–Crippen LogP) is 2.81. The number of fused-ring (bicyclic) bond motifs is 2. The minimum Gasteiger partial charge on any atom is -0.346 e. The summed E-state index contributed by atoms with van der Waals surface area (Å²) < 4.78 is 10.9. The van der Waals surface area contributed by atoms with Gasteiger partial charge in [0.2, 0.25) is 11.6 Å². The van der Waals surface area contributed by atoms with E-state index in [1.807, 2.05) is 30.3 Å². The van der Waals surface area contributed by atoms with Crippen molar-refractivity contribution in [2.75, 3.05) is 14.2 Å². The number of thioether (sulfide) groups is 1. The Kier molecular flexibility index (Phi) is 4.09. The van der Waals surface area contributed by atoms with Crippen LogP contribution >= 0.6 is 11.8 Å².